The standard InChI is InChI=1S/C9H8N6O2/c10-14-9(17)5-4-11-7(13-8(5)16)6-2-1-3-12-15-6/h1-4H,10H2,(H,14,17)(H,11,13,16). The lowest BCUT2D eigenvalue weighted by Crippen LogP contribution is -2.30. The first-order valence-electron chi connectivity index (χ1n) is 4.57. The van der Waals surface area contributed by atoms with Crippen LogP contribution in [0.4, 0.5) is 0 Å². The molecule has 0 aliphatic heterocycles. The summed E-state index contributed by atoms with van der Waals surface area (Å²) in [6, 6.07) is 3.29. The lowest BCUT2D eigenvalue weighted by atomic mass is 10.3. The number of carbonyl (C=O) groups is 1. The molecule has 0 aliphatic carbocycles. The first-order valence-corrected chi connectivity index (χ1v) is 4.57. The Morgan fingerprint density at radius 1 is 1.47 bits per heavy atom. The molecule has 0 bridgehead atoms. The van der Waals surface area contributed by atoms with Crippen LogP contribution in [0.5, 0.6) is 5.88 Å². The summed E-state index contributed by atoms with van der Waals surface area (Å²) in [5.74, 6) is 3.96. The van der Waals surface area contributed by atoms with E-state index in [0.717, 1.165) is 6.20 Å². The molecule has 1 amide bonds. The highest BCUT2D eigenvalue weighted by Gasteiger charge is 2.14. The van der Waals surface area contributed by atoms with Crippen molar-refractivity contribution >= 4 is 5.91 Å². The van der Waals surface area contributed by atoms with E-state index in [1.165, 1.54) is 6.20 Å². The van der Waals surface area contributed by atoms with Crippen LogP contribution in [-0.2, 0) is 0 Å². The first-order chi connectivity index (χ1) is 8.22. The van der Waals surface area contributed by atoms with Gasteiger partial charge in [-0.25, -0.2) is 10.8 Å². The van der Waals surface area contributed by atoms with Crippen molar-refractivity contribution in [3.05, 3.63) is 30.1 Å². The number of hydrogen-bond acceptors (Lipinski definition) is 7. The van der Waals surface area contributed by atoms with E-state index in [1.807, 2.05) is 5.43 Å². The normalized spacial score (nSPS) is 9.94. The van der Waals surface area contributed by atoms with Gasteiger partial charge in [0, 0.05) is 12.4 Å². The molecule has 0 spiro atoms. The molecule has 0 aliphatic rings. The lowest BCUT2D eigenvalue weighted by molar-refractivity contribution is 0.0950. The zero-order chi connectivity index (χ0) is 12.3. The van der Waals surface area contributed by atoms with Gasteiger partial charge in [-0.1, -0.05) is 0 Å². The number of nitrogens with zero attached hydrogens (tertiary/aromatic N) is 4. The molecule has 4 N–H and O–H groups in total. The number of hydrogen-bond donors (Lipinski definition) is 3. The van der Waals surface area contributed by atoms with E-state index in [1.54, 1.807) is 12.1 Å². The number of nitrogen functional groups attached to an aromatic ring is 1. The monoisotopic (exact) mass is 232 g/mol. The van der Waals surface area contributed by atoms with E-state index in [-0.39, 0.29) is 11.4 Å². The minimum atomic E-state index is -0.673. The Morgan fingerprint density at radius 3 is 2.88 bits per heavy atom. The van der Waals surface area contributed by atoms with Crippen LogP contribution in [0.3, 0.4) is 0 Å². The van der Waals surface area contributed by atoms with E-state index in [0.29, 0.717) is 5.69 Å². The van der Waals surface area contributed by atoms with Gasteiger partial charge in [0.05, 0.1) is 0 Å². The lowest BCUT2D eigenvalue weighted by Gasteiger charge is -2.03. The Labute approximate surface area is 95.5 Å². The predicted molar refractivity (Wildman–Crippen MR) is 56.4 cm³/mol. The van der Waals surface area contributed by atoms with Crippen LogP contribution in [0.2, 0.25) is 0 Å². The second kappa shape index (κ2) is 4.49. The van der Waals surface area contributed by atoms with Crippen LogP contribution in [0.25, 0.3) is 11.5 Å². The van der Waals surface area contributed by atoms with Gasteiger partial charge in [0.1, 0.15) is 11.3 Å². The Balaban J connectivity index is 2.41. The molecule has 0 unspecified atom stereocenters. The average molecular weight is 232 g/mol. The second-order valence-electron chi connectivity index (χ2n) is 3.01. The van der Waals surface area contributed by atoms with E-state index >= 15 is 0 Å². The third-order valence-corrected chi connectivity index (χ3v) is 1.95. The summed E-state index contributed by atoms with van der Waals surface area (Å²) in [6.45, 7) is 0. The number of amides is 1. The summed E-state index contributed by atoms with van der Waals surface area (Å²) >= 11 is 0. The molecular formula is C9H8N6O2. The number of aromatic hydroxyl groups is 1. The van der Waals surface area contributed by atoms with Crippen molar-refractivity contribution in [2.24, 2.45) is 5.84 Å². The summed E-state index contributed by atoms with van der Waals surface area (Å²) in [6.07, 6.45) is 2.66. The van der Waals surface area contributed by atoms with Crippen molar-refractivity contribution in [1.29, 1.82) is 0 Å². The largest absolute Gasteiger partial charge is 0.493 e. The highest BCUT2D eigenvalue weighted by molar-refractivity contribution is 5.95. The smallest absolute Gasteiger partial charge is 0.272 e. The minimum Gasteiger partial charge on any atom is -0.493 e. The molecule has 2 aromatic rings. The average Bonchev–Trinajstić information content (AvgIpc) is 2.39. The first kappa shape index (κ1) is 10.9. The number of nitrogens with one attached hydrogen (secondary N) is 1. The number of aromatic nitrogens is 4. The summed E-state index contributed by atoms with van der Waals surface area (Å²) < 4.78 is 0. The van der Waals surface area contributed by atoms with E-state index in [4.69, 9.17) is 5.84 Å². The molecule has 2 aromatic heterocycles. The van der Waals surface area contributed by atoms with Crippen molar-refractivity contribution < 1.29 is 9.90 Å². The topological polar surface area (TPSA) is 127 Å². The van der Waals surface area contributed by atoms with Gasteiger partial charge in [0.2, 0.25) is 5.88 Å². The minimum absolute atomic E-state index is 0.111. The van der Waals surface area contributed by atoms with E-state index in [2.05, 4.69) is 20.2 Å². The third kappa shape index (κ3) is 2.16. The maximum atomic E-state index is 11.2. The molecule has 0 saturated heterocycles. The van der Waals surface area contributed by atoms with Gasteiger partial charge in [0.15, 0.2) is 5.82 Å². The second-order valence-corrected chi connectivity index (χ2v) is 3.01. The van der Waals surface area contributed by atoms with Crippen molar-refractivity contribution in [3.8, 4) is 17.4 Å². The van der Waals surface area contributed by atoms with E-state index < -0.39 is 11.8 Å². The van der Waals surface area contributed by atoms with Gasteiger partial charge < -0.3 is 5.11 Å². The van der Waals surface area contributed by atoms with Gasteiger partial charge in [0.25, 0.3) is 5.91 Å². The molecule has 2 rings (SSSR count). The maximum Gasteiger partial charge on any atom is 0.272 e. The quantitative estimate of drug-likeness (QED) is 0.353. The number of rotatable bonds is 2. The highest BCUT2D eigenvalue weighted by atomic mass is 16.3. The van der Waals surface area contributed by atoms with E-state index in [9.17, 15) is 9.90 Å². The summed E-state index contributed by atoms with van der Waals surface area (Å²) in [5.41, 5.74) is 2.15. The molecule has 0 aromatic carbocycles. The summed E-state index contributed by atoms with van der Waals surface area (Å²) in [5, 5.41) is 17.0. The zero-order valence-electron chi connectivity index (χ0n) is 8.53. The molecule has 0 saturated carbocycles. The van der Waals surface area contributed by atoms with Crippen molar-refractivity contribution in [1.82, 2.24) is 25.6 Å². The molecule has 2 heterocycles. The molecule has 8 nitrogen and oxygen atoms in total. The number of carbonyl (C=O) groups excluding carboxylic acids is 1. The van der Waals surface area contributed by atoms with Gasteiger partial charge in [-0.2, -0.15) is 10.1 Å². The van der Waals surface area contributed by atoms with Crippen LogP contribution in [0, 0.1) is 0 Å². The van der Waals surface area contributed by atoms with Crippen LogP contribution in [-0.4, -0.2) is 31.2 Å². The van der Waals surface area contributed by atoms with Gasteiger partial charge in [-0.05, 0) is 12.1 Å². The Morgan fingerprint density at radius 2 is 2.29 bits per heavy atom. The molecule has 86 valence electrons. The summed E-state index contributed by atoms with van der Waals surface area (Å²) in [4.78, 5) is 18.8. The van der Waals surface area contributed by atoms with Crippen LogP contribution < -0.4 is 11.3 Å². The fourth-order valence-electron chi connectivity index (χ4n) is 1.15. The van der Waals surface area contributed by atoms with Gasteiger partial charge >= 0.3 is 0 Å². The summed E-state index contributed by atoms with van der Waals surface area (Å²) in [7, 11) is 0. The molecular weight excluding hydrogens is 224 g/mol. The Bertz CT molecular complexity index is 544. The molecule has 0 atom stereocenters. The third-order valence-electron chi connectivity index (χ3n) is 1.95. The highest BCUT2D eigenvalue weighted by Crippen LogP contribution is 2.17. The molecule has 0 radical (unpaired) electrons. The van der Waals surface area contributed by atoms with Crippen LogP contribution in [0.15, 0.2) is 24.5 Å². The van der Waals surface area contributed by atoms with Crippen molar-refractivity contribution in [2.75, 3.05) is 0 Å². The van der Waals surface area contributed by atoms with Crippen molar-refractivity contribution in [3.63, 3.8) is 0 Å². The van der Waals surface area contributed by atoms with Crippen LogP contribution >= 0.6 is 0 Å². The Kier molecular flexibility index (Phi) is 2.88. The Hall–Kier alpha value is -2.61. The SMILES string of the molecule is NNC(=O)c1cnc(-c2cccnn2)nc1O. The zero-order valence-corrected chi connectivity index (χ0v) is 8.53. The predicted octanol–water partition coefficient (Wildman–Crippen LogP) is -0.757. The van der Waals surface area contributed by atoms with Crippen molar-refractivity contribution in [2.45, 2.75) is 0 Å². The fourth-order valence-corrected chi connectivity index (χ4v) is 1.15. The van der Waals surface area contributed by atoms with Gasteiger partial charge in [-0.3, -0.25) is 10.2 Å². The molecule has 0 fully saturated rings. The molecule has 17 heavy (non-hydrogen) atoms. The number of hydrazine groups is 1. The van der Waals surface area contributed by atoms with Gasteiger partial charge in [-0.15, -0.1) is 5.10 Å². The maximum absolute atomic E-state index is 11.2. The molecule has 8 heteroatoms. The van der Waals surface area contributed by atoms with Crippen LogP contribution in [0.1, 0.15) is 10.4 Å². The fraction of sp³-hybridized carbons (Fsp3) is 0. The number of nitrogens with two attached hydrogens (primary N) is 1.